The zero-order valence-corrected chi connectivity index (χ0v) is 14.0. The topological polar surface area (TPSA) is 140 Å². The molecule has 8 nitrogen and oxygen atoms in total. The Bertz CT molecular complexity index is 513. The van der Waals surface area contributed by atoms with Crippen molar-refractivity contribution < 1.29 is 24.6 Å². The maximum absolute atomic E-state index is 11.9. The first-order valence-electron chi connectivity index (χ1n) is 6.86. The number of carbonyl (C=O) groups excluding carboxylic acids is 1. The zero-order valence-electron chi connectivity index (χ0n) is 13.2. The van der Waals surface area contributed by atoms with Crippen molar-refractivity contribution in [1.29, 1.82) is 5.26 Å². The van der Waals surface area contributed by atoms with Crippen molar-refractivity contribution >= 4 is 29.6 Å². The molecule has 0 saturated carbocycles. The minimum atomic E-state index is -1.21. The summed E-state index contributed by atoms with van der Waals surface area (Å²) in [5.41, 5.74) is -0.382. The van der Waals surface area contributed by atoms with Crippen molar-refractivity contribution in [2.24, 2.45) is 5.92 Å². The molecule has 2 atom stereocenters. The van der Waals surface area contributed by atoms with Crippen LogP contribution in [0.1, 0.15) is 20.3 Å². The molecule has 2 unspecified atom stereocenters. The molecule has 0 saturated heterocycles. The number of amides is 1. The summed E-state index contributed by atoms with van der Waals surface area (Å²) < 4.78 is 0. The summed E-state index contributed by atoms with van der Waals surface area (Å²) in [6.45, 7) is 3.24. The molecule has 1 amide bonds. The lowest BCUT2D eigenvalue weighted by Gasteiger charge is -2.18. The monoisotopic (exact) mass is 343 g/mol. The average molecular weight is 343 g/mol. The molecule has 23 heavy (non-hydrogen) atoms. The van der Waals surface area contributed by atoms with Crippen LogP contribution in [-0.2, 0) is 14.4 Å². The summed E-state index contributed by atoms with van der Waals surface area (Å²) in [5, 5.41) is 31.8. The number of carbonyl (C=O) groups is 3. The van der Waals surface area contributed by atoms with E-state index in [9.17, 15) is 14.4 Å². The number of carboxylic acids is 2. The zero-order chi connectivity index (χ0) is 18.0. The van der Waals surface area contributed by atoms with E-state index in [-0.39, 0.29) is 11.5 Å². The van der Waals surface area contributed by atoms with Gasteiger partial charge in [0.2, 0.25) is 0 Å². The van der Waals surface area contributed by atoms with Crippen molar-refractivity contribution in [3.8, 4) is 6.07 Å². The molecular formula is C14H21N3O5S. The number of hydrogen-bond donors (Lipinski definition) is 4. The Morgan fingerprint density at radius 1 is 1.26 bits per heavy atom. The molecule has 0 spiro atoms. The van der Waals surface area contributed by atoms with Crippen LogP contribution in [0.15, 0.2) is 11.8 Å². The van der Waals surface area contributed by atoms with Gasteiger partial charge in [-0.05, 0) is 24.3 Å². The molecule has 0 aliphatic rings. The van der Waals surface area contributed by atoms with Gasteiger partial charge in [-0.1, -0.05) is 13.8 Å². The number of nitriles is 1. The smallest absolute Gasteiger partial charge is 0.326 e. The molecule has 0 aromatic rings. The number of carboxylic acid groups (broad SMARTS) is 2. The van der Waals surface area contributed by atoms with E-state index in [0.717, 1.165) is 6.20 Å². The molecule has 9 heteroatoms. The van der Waals surface area contributed by atoms with E-state index in [4.69, 9.17) is 15.5 Å². The SMILES string of the molecule is CSCCC(N/C=C(/C#N)C(=O)NC(C(=O)O)C(C)C)C(=O)O. The van der Waals surface area contributed by atoms with Crippen molar-refractivity contribution in [1.82, 2.24) is 10.6 Å². The van der Waals surface area contributed by atoms with Crippen molar-refractivity contribution in [2.45, 2.75) is 32.4 Å². The van der Waals surface area contributed by atoms with Crippen molar-refractivity contribution in [3.05, 3.63) is 11.8 Å². The summed E-state index contributed by atoms with van der Waals surface area (Å²) in [5.74, 6) is -2.94. The van der Waals surface area contributed by atoms with Crippen molar-refractivity contribution in [2.75, 3.05) is 12.0 Å². The van der Waals surface area contributed by atoms with Crippen LogP contribution < -0.4 is 10.6 Å². The Labute approximate surface area is 138 Å². The molecule has 0 aliphatic carbocycles. The van der Waals surface area contributed by atoms with Gasteiger partial charge in [-0.15, -0.1) is 0 Å². The van der Waals surface area contributed by atoms with Crippen LogP contribution in [0, 0.1) is 17.2 Å². The lowest BCUT2D eigenvalue weighted by Crippen LogP contribution is -2.45. The normalized spacial score (nSPS) is 13.8. The van der Waals surface area contributed by atoms with E-state index in [1.54, 1.807) is 19.9 Å². The van der Waals surface area contributed by atoms with Crippen LogP contribution in [0.5, 0.6) is 0 Å². The van der Waals surface area contributed by atoms with Gasteiger partial charge in [0.25, 0.3) is 5.91 Å². The Balaban J connectivity index is 4.97. The molecule has 0 fully saturated rings. The van der Waals surface area contributed by atoms with E-state index in [1.807, 2.05) is 6.26 Å². The molecule has 0 rings (SSSR count). The molecule has 0 heterocycles. The first kappa shape index (κ1) is 20.8. The maximum Gasteiger partial charge on any atom is 0.326 e. The summed E-state index contributed by atoms with van der Waals surface area (Å²) in [7, 11) is 0. The molecule has 4 N–H and O–H groups in total. The Kier molecular flexibility index (Phi) is 9.50. The average Bonchev–Trinajstić information content (AvgIpc) is 2.47. The third kappa shape index (κ3) is 7.56. The van der Waals surface area contributed by atoms with Crippen LogP contribution in [0.4, 0.5) is 0 Å². The summed E-state index contributed by atoms with van der Waals surface area (Å²) in [6, 6.07) is -0.434. The quantitative estimate of drug-likeness (QED) is 0.330. The highest BCUT2D eigenvalue weighted by molar-refractivity contribution is 7.98. The Hall–Kier alpha value is -2.21. The van der Waals surface area contributed by atoms with Crippen LogP contribution in [0.3, 0.4) is 0 Å². The number of rotatable bonds is 10. The number of hydrogen-bond acceptors (Lipinski definition) is 6. The Morgan fingerprint density at radius 3 is 2.26 bits per heavy atom. The second-order valence-corrected chi connectivity index (χ2v) is 6.03. The summed E-state index contributed by atoms with van der Waals surface area (Å²) in [4.78, 5) is 34.1. The highest BCUT2D eigenvalue weighted by atomic mass is 32.2. The molecule has 0 radical (unpaired) electrons. The summed E-state index contributed by atoms with van der Waals surface area (Å²) in [6.07, 6.45) is 3.16. The second kappa shape index (κ2) is 10.5. The minimum absolute atomic E-state index is 0.317. The van der Waals surface area contributed by atoms with Crippen LogP contribution in [-0.4, -0.2) is 52.2 Å². The highest BCUT2D eigenvalue weighted by Gasteiger charge is 2.25. The fourth-order valence-corrected chi connectivity index (χ4v) is 2.05. The lowest BCUT2D eigenvalue weighted by atomic mass is 10.0. The molecule has 128 valence electrons. The van der Waals surface area contributed by atoms with Crippen molar-refractivity contribution in [3.63, 3.8) is 0 Å². The van der Waals surface area contributed by atoms with Gasteiger partial charge in [-0.3, -0.25) is 4.79 Å². The van der Waals surface area contributed by atoms with Crippen LogP contribution in [0.2, 0.25) is 0 Å². The predicted molar refractivity (Wildman–Crippen MR) is 85.7 cm³/mol. The third-order valence-electron chi connectivity index (χ3n) is 2.92. The number of nitrogens with zero attached hydrogens (tertiary/aromatic N) is 1. The third-order valence-corrected chi connectivity index (χ3v) is 3.57. The van der Waals surface area contributed by atoms with Gasteiger partial charge in [-0.2, -0.15) is 17.0 Å². The van der Waals surface area contributed by atoms with Gasteiger partial charge in [0, 0.05) is 6.20 Å². The van der Waals surface area contributed by atoms with Gasteiger partial charge < -0.3 is 20.8 Å². The maximum atomic E-state index is 11.9. The number of nitrogens with one attached hydrogen (secondary N) is 2. The fourth-order valence-electron chi connectivity index (χ4n) is 1.58. The largest absolute Gasteiger partial charge is 0.480 e. The fraction of sp³-hybridized carbons (Fsp3) is 0.571. The molecule has 0 aliphatic heterocycles. The second-order valence-electron chi connectivity index (χ2n) is 5.04. The molecular weight excluding hydrogens is 322 g/mol. The standard InChI is InChI=1S/C14H21N3O5S/c1-8(2)11(14(21)22)17-12(18)9(6-15)7-16-10(13(19)20)4-5-23-3/h7-8,10-11,16H,4-5H2,1-3H3,(H,17,18)(H,19,20)(H,21,22)/b9-7-. The number of aliphatic carboxylic acids is 2. The first-order valence-corrected chi connectivity index (χ1v) is 8.25. The van der Waals surface area contributed by atoms with Gasteiger partial charge in [-0.25, -0.2) is 9.59 Å². The molecule has 0 bridgehead atoms. The van der Waals surface area contributed by atoms with Gasteiger partial charge in [0.05, 0.1) is 0 Å². The predicted octanol–water partition coefficient (Wildman–Crippen LogP) is 0.415. The van der Waals surface area contributed by atoms with Crippen LogP contribution in [0.25, 0.3) is 0 Å². The number of thioether (sulfide) groups is 1. The van der Waals surface area contributed by atoms with Gasteiger partial charge in [0.15, 0.2) is 0 Å². The first-order chi connectivity index (χ1) is 10.7. The Morgan fingerprint density at radius 2 is 1.87 bits per heavy atom. The highest BCUT2D eigenvalue weighted by Crippen LogP contribution is 2.05. The van der Waals surface area contributed by atoms with E-state index >= 15 is 0 Å². The van der Waals surface area contributed by atoms with Crippen LogP contribution >= 0.6 is 11.8 Å². The minimum Gasteiger partial charge on any atom is -0.480 e. The van der Waals surface area contributed by atoms with E-state index in [0.29, 0.717) is 12.2 Å². The molecule has 0 aromatic heterocycles. The van der Waals surface area contributed by atoms with Gasteiger partial charge in [0.1, 0.15) is 23.7 Å². The van der Waals surface area contributed by atoms with Gasteiger partial charge >= 0.3 is 11.9 Å². The van der Waals surface area contributed by atoms with E-state index in [2.05, 4.69) is 10.6 Å². The lowest BCUT2D eigenvalue weighted by molar-refractivity contribution is -0.142. The molecule has 0 aromatic carbocycles. The summed E-state index contributed by atoms with van der Waals surface area (Å²) >= 11 is 1.47. The van der Waals surface area contributed by atoms with E-state index in [1.165, 1.54) is 11.8 Å². The van der Waals surface area contributed by atoms with E-state index < -0.39 is 29.9 Å².